The van der Waals surface area contributed by atoms with Crippen LogP contribution in [-0.2, 0) is 6.61 Å². The number of hydrogen-bond donors (Lipinski definition) is 2. The zero-order valence-electron chi connectivity index (χ0n) is 11.5. The molecule has 0 aliphatic heterocycles. The van der Waals surface area contributed by atoms with E-state index in [1.54, 1.807) is 37.3 Å². The maximum atomic E-state index is 11.0. The molecular formula is C15H15N3O3. The fraction of sp³-hybridized carbons (Fsp3) is 0.133. The van der Waals surface area contributed by atoms with Gasteiger partial charge in [-0.1, -0.05) is 24.3 Å². The van der Waals surface area contributed by atoms with Crippen molar-refractivity contribution in [1.82, 2.24) is 0 Å². The molecule has 6 nitrogen and oxygen atoms in total. The molecule has 0 spiro atoms. The Morgan fingerprint density at radius 1 is 1.33 bits per heavy atom. The quantitative estimate of drug-likeness (QED) is 0.381. The number of rotatable bonds is 5. The highest BCUT2D eigenvalue weighted by atomic mass is 16.6. The molecule has 0 saturated heterocycles. The largest absolute Gasteiger partial charge is 0.482 e. The van der Waals surface area contributed by atoms with Crippen LogP contribution in [-0.4, -0.2) is 10.8 Å². The lowest BCUT2D eigenvalue weighted by Crippen LogP contribution is -2.11. The molecule has 0 atom stereocenters. The van der Waals surface area contributed by atoms with E-state index >= 15 is 0 Å². The molecular weight excluding hydrogens is 270 g/mol. The summed E-state index contributed by atoms with van der Waals surface area (Å²) in [6.45, 7) is 1.96. The van der Waals surface area contributed by atoms with Crippen LogP contribution in [0, 0.1) is 22.4 Å². The molecule has 0 heterocycles. The zero-order valence-corrected chi connectivity index (χ0v) is 11.5. The van der Waals surface area contributed by atoms with Crippen molar-refractivity contribution in [3.05, 3.63) is 69.3 Å². The number of nitrogen functional groups attached to an aromatic ring is 1. The van der Waals surface area contributed by atoms with E-state index in [-0.39, 0.29) is 23.9 Å². The molecule has 0 fully saturated rings. The third kappa shape index (κ3) is 3.56. The maximum absolute atomic E-state index is 11.0. The van der Waals surface area contributed by atoms with E-state index in [0.29, 0.717) is 5.56 Å². The zero-order chi connectivity index (χ0) is 15.4. The van der Waals surface area contributed by atoms with E-state index < -0.39 is 4.92 Å². The average molecular weight is 285 g/mol. The maximum Gasteiger partial charge on any atom is 0.311 e. The Labute approximate surface area is 121 Å². The van der Waals surface area contributed by atoms with Crippen molar-refractivity contribution in [2.45, 2.75) is 13.5 Å². The number of aryl methyl sites for hydroxylation is 1. The van der Waals surface area contributed by atoms with Crippen LogP contribution < -0.4 is 10.5 Å². The second-order valence-corrected chi connectivity index (χ2v) is 4.63. The third-order valence-corrected chi connectivity index (χ3v) is 2.94. The van der Waals surface area contributed by atoms with Crippen LogP contribution in [0.4, 0.5) is 5.69 Å². The van der Waals surface area contributed by atoms with Crippen LogP contribution in [0.2, 0.25) is 0 Å². The molecule has 0 radical (unpaired) electrons. The first-order chi connectivity index (χ1) is 9.97. The molecule has 0 saturated carbocycles. The Morgan fingerprint density at radius 3 is 2.76 bits per heavy atom. The predicted octanol–water partition coefficient (Wildman–Crippen LogP) is 2.77. The first kappa shape index (κ1) is 14.5. The second-order valence-electron chi connectivity index (χ2n) is 4.63. The van der Waals surface area contributed by atoms with Gasteiger partial charge >= 0.3 is 5.69 Å². The highest BCUT2D eigenvalue weighted by Gasteiger charge is 2.15. The molecule has 2 rings (SSSR count). The van der Waals surface area contributed by atoms with E-state index in [1.807, 2.05) is 6.07 Å². The summed E-state index contributed by atoms with van der Waals surface area (Å²) in [4.78, 5) is 10.5. The van der Waals surface area contributed by atoms with Gasteiger partial charge in [-0.15, -0.1) is 0 Å². The number of nitrogens with two attached hydrogens (primary N) is 1. The number of benzene rings is 2. The summed E-state index contributed by atoms with van der Waals surface area (Å²) in [5.41, 5.74) is 7.55. The van der Waals surface area contributed by atoms with Crippen molar-refractivity contribution in [2.75, 3.05) is 0 Å². The van der Waals surface area contributed by atoms with Gasteiger partial charge in [0.1, 0.15) is 12.4 Å². The molecule has 2 aromatic carbocycles. The summed E-state index contributed by atoms with van der Waals surface area (Å²) in [6, 6.07) is 11.8. The topological polar surface area (TPSA) is 102 Å². The van der Waals surface area contributed by atoms with Gasteiger partial charge in [0, 0.05) is 11.6 Å². The fourth-order valence-electron chi connectivity index (χ4n) is 1.88. The van der Waals surface area contributed by atoms with Crippen molar-refractivity contribution in [3.8, 4) is 5.75 Å². The number of nitro groups is 1. The van der Waals surface area contributed by atoms with Gasteiger partial charge in [0.15, 0.2) is 5.75 Å². The molecule has 6 heteroatoms. The van der Waals surface area contributed by atoms with Crippen LogP contribution >= 0.6 is 0 Å². The lowest BCUT2D eigenvalue weighted by atomic mass is 10.1. The number of amidine groups is 1. The van der Waals surface area contributed by atoms with Gasteiger partial charge in [-0.05, 0) is 30.2 Å². The highest BCUT2D eigenvalue weighted by molar-refractivity contribution is 5.95. The molecule has 0 amide bonds. The van der Waals surface area contributed by atoms with Crippen LogP contribution in [0.3, 0.4) is 0 Å². The van der Waals surface area contributed by atoms with Crippen molar-refractivity contribution >= 4 is 11.5 Å². The molecule has 0 bridgehead atoms. The molecule has 2 aromatic rings. The number of nitro benzene ring substituents is 1. The van der Waals surface area contributed by atoms with Crippen LogP contribution in [0.25, 0.3) is 0 Å². The molecule has 0 aliphatic rings. The Hall–Kier alpha value is -2.89. The van der Waals surface area contributed by atoms with Crippen LogP contribution in [0.15, 0.2) is 42.5 Å². The number of nitrogens with zero attached hydrogens (tertiary/aromatic N) is 1. The Bertz CT molecular complexity index is 698. The highest BCUT2D eigenvalue weighted by Crippen LogP contribution is 2.28. The fourth-order valence-corrected chi connectivity index (χ4v) is 1.88. The summed E-state index contributed by atoms with van der Waals surface area (Å²) in [5, 5.41) is 18.4. The molecule has 108 valence electrons. The lowest BCUT2D eigenvalue weighted by molar-refractivity contribution is -0.386. The molecule has 3 N–H and O–H groups in total. The van der Waals surface area contributed by atoms with Crippen LogP contribution in [0.1, 0.15) is 16.7 Å². The van der Waals surface area contributed by atoms with Gasteiger partial charge in [-0.25, -0.2) is 0 Å². The second kappa shape index (κ2) is 6.04. The first-order valence-electron chi connectivity index (χ1n) is 6.28. The Kier molecular flexibility index (Phi) is 4.18. The van der Waals surface area contributed by atoms with E-state index in [2.05, 4.69) is 0 Å². The predicted molar refractivity (Wildman–Crippen MR) is 79.6 cm³/mol. The smallest absolute Gasteiger partial charge is 0.311 e. The monoisotopic (exact) mass is 285 g/mol. The van der Waals surface area contributed by atoms with Crippen molar-refractivity contribution in [2.24, 2.45) is 5.73 Å². The van der Waals surface area contributed by atoms with E-state index in [1.165, 1.54) is 6.07 Å². The SMILES string of the molecule is Cc1ccc(OCc2cccc(C(=N)N)c2)c([N+](=O)[O-])c1. The minimum absolute atomic E-state index is 0.0295. The van der Waals surface area contributed by atoms with Gasteiger partial charge in [0.2, 0.25) is 0 Å². The minimum atomic E-state index is -0.464. The third-order valence-electron chi connectivity index (χ3n) is 2.94. The average Bonchev–Trinajstić information content (AvgIpc) is 2.46. The van der Waals surface area contributed by atoms with Gasteiger partial charge in [0.25, 0.3) is 0 Å². The summed E-state index contributed by atoms with van der Waals surface area (Å²) in [6.07, 6.45) is 0. The summed E-state index contributed by atoms with van der Waals surface area (Å²) < 4.78 is 5.52. The summed E-state index contributed by atoms with van der Waals surface area (Å²) >= 11 is 0. The molecule has 0 aromatic heterocycles. The molecule has 0 unspecified atom stereocenters. The van der Waals surface area contributed by atoms with Crippen molar-refractivity contribution < 1.29 is 9.66 Å². The van der Waals surface area contributed by atoms with Gasteiger partial charge in [0.05, 0.1) is 4.92 Å². The standard InChI is InChI=1S/C15H15N3O3/c1-10-5-6-14(13(7-10)18(19)20)21-9-11-3-2-4-12(8-11)15(16)17/h2-8H,9H2,1H3,(H3,16,17). The Morgan fingerprint density at radius 2 is 2.10 bits per heavy atom. The minimum Gasteiger partial charge on any atom is -0.482 e. The van der Waals surface area contributed by atoms with Gasteiger partial charge in [-0.2, -0.15) is 0 Å². The lowest BCUT2D eigenvalue weighted by Gasteiger charge is -2.08. The number of ether oxygens (including phenoxy) is 1. The van der Waals surface area contributed by atoms with Crippen molar-refractivity contribution in [3.63, 3.8) is 0 Å². The Balaban J connectivity index is 2.18. The summed E-state index contributed by atoms with van der Waals surface area (Å²) in [5.74, 6) is 0.192. The van der Waals surface area contributed by atoms with Crippen LogP contribution in [0.5, 0.6) is 5.75 Å². The first-order valence-corrected chi connectivity index (χ1v) is 6.28. The van der Waals surface area contributed by atoms with Gasteiger partial charge in [-0.3, -0.25) is 15.5 Å². The number of hydrogen-bond acceptors (Lipinski definition) is 4. The van der Waals surface area contributed by atoms with Gasteiger partial charge < -0.3 is 10.5 Å². The van der Waals surface area contributed by atoms with E-state index in [9.17, 15) is 10.1 Å². The molecule has 0 aliphatic carbocycles. The normalized spacial score (nSPS) is 10.1. The van der Waals surface area contributed by atoms with E-state index in [4.69, 9.17) is 15.9 Å². The van der Waals surface area contributed by atoms with Crippen molar-refractivity contribution in [1.29, 1.82) is 5.41 Å². The van der Waals surface area contributed by atoms with E-state index in [0.717, 1.165) is 11.1 Å². The molecule has 21 heavy (non-hydrogen) atoms. The summed E-state index contributed by atoms with van der Waals surface area (Å²) in [7, 11) is 0. The number of nitrogens with one attached hydrogen (secondary N) is 1.